The van der Waals surface area contributed by atoms with E-state index in [2.05, 4.69) is 18.4 Å². The molecule has 0 N–H and O–H groups in total. The molecule has 1 aliphatic rings. The van der Waals surface area contributed by atoms with E-state index in [0.717, 1.165) is 38.7 Å². The first kappa shape index (κ1) is 32.7. The van der Waals surface area contributed by atoms with E-state index in [1.165, 1.54) is 23.5 Å². The van der Waals surface area contributed by atoms with E-state index in [4.69, 9.17) is 9.73 Å². The number of carbonyl (C=O) groups is 1. The molecule has 1 atom stereocenters. The number of aromatic nitrogens is 2. The van der Waals surface area contributed by atoms with Crippen LogP contribution in [0.4, 0.5) is 5.69 Å². The van der Waals surface area contributed by atoms with Gasteiger partial charge in [-0.3, -0.25) is 19.5 Å². The number of nitro benzene ring substituents is 1. The van der Waals surface area contributed by atoms with Crippen LogP contribution < -0.4 is 14.9 Å². The van der Waals surface area contributed by atoms with Crippen LogP contribution in [0.5, 0.6) is 0 Å². The van der Waals surface area contributed by atoms with Crippen LogP contribution in [0.2, 0.25) is 0 Å². The molecule has 0 aliphatic carbocycles. The summed E-state index contributed by atoms with van der Waals surface area (Å²) in [6.45, 7) is 6.68. The summed E-state index contributed by atoms with van der Waals surface area (Å²) in [7, 11) is 0. The smallest absolute Gasteiger partial charge is 0.338 e. The predicted molar refractivity (Wildman–Crippen MR) is 196 cm³/mol. The third-order valence-corrected chi connectivity index (χ3v) is 9.88. The van der Waals surface area contributed by atoms with Crippen molar-refractivity contribution in [2.75, 3.05) is 6.61 Å². The summed E-state index contributed by atoms with van der Waals surface area (Å²) in [6.07, 6.45) is 3.87. The van der Waals surface area contributed by atoms with Crippen molar-refractivity contribution in [2.24, 2.45) is 4.99 Å². The van der Waals surface area contributed by atoms with Crippen molar-refractivity contribution in [3.63, 3.8) is 0 Å². The number of esters is 1. The SMILES string of the molecule is CCOC(=O)C1=C(c2ccccc2)N=c2s/c(=C\c3cn(Cc4ccc([N+](=O)[O-])cc4)c4ccccc34)c(=O)n2[C@H]1c1ccc(C(C)C)cc1. The molecule has 3 heterocycles. The zero-order chi connectivity index (χ0) is 34.9. The molecule has 0 fully saturated rings. The molecule has 0 saturated carbocycles. The topological polar surface area (TPSA) is 109 Å². The number of benzene rings is 4. The Morgan fingerprint density at radius 2 is 1.68 bits per heavy atom. The molecule has 7 rings (SSSR count). The maximum atomic E-state index is 14.5. The molecule has 10 heteroatoms. The van der Waals surface area contributed by atoms with E-state index >= 15 is 0 Å². The second-order valence-electron chi connectivity index (χ2n) is 12.4. The molecular weight excluding hydrogens is 649 g/mol. The summed E-state index contributed by atoms with van der Waals surface area (Å²) in [5.74, 6) is -0.204. The van der Waals surface area contributed by atoms with E-state index in [0.29, 0.717) is 33.1 Å². The van der Waals surface area contributed by atoms with Crippen LogP contribution >= 0.6 is 11.3 Å². The van der Waals surface area contributed by atoms with Crippen molar-refractivity contribution in [1.29, 1.82) is 0 Å². The zero-order valence-corrected chi connectivity index (χ0v) is 28.6. The van der Waals surface area contributed by atoms with Crippen molar-refractivity contribution in [3.05, 3.63) is 173 Å². The minimum absolute atomic E-state index is 0.0397. The largest absolute Gasteiger partial charge is 0.463 e. The second kappa shape index (κ2) is 13.6. The fourth-order valence-electron chi connectivity index (χ4n) is 6.40. The van der Waals surface area contributed by atoms with Crippen LogP contribution in [0.15, 0.2) is 125 Å². The Bertz CT molecular complexity index is 2460. The Morgan fingerprint density at radius 3 is 2.36 bits per heavy atom. The average Bonchev–Trinajstić information content (AvgIpc) is 3.63. The number of rotatable bonds is 9. The molecule has 2 aromatic heterocycles. The normalized spacial score (nSPS) is 14.6. The lowest BCUT2D eigenvalue weighted by Gasteiger charge is -2.26. The standard InChI is InChI=1S/C40H34N4O5S/c1-4-49-39(46)35-36(28-10-6-5-7-11-28)41-40-43(37(35)29-18-16-27(17-19-29)25(2)3)38(45)34(50-40)22-30-24-42(33-13-9-8-12-32(30)33)23-26-14-20-31(21-15-26)44(47)48/h5-22,24-25,37H,4,23H2,1-3H3/b34-22-/t37-/m0/s1. The van der Waals surface area contributed by atoms with Crippen molar-refractivity contribution in [1.82, 2.24) is 9.13 Å². The van der Waals surface area contributed by atoms with Gasteiger partial charge in [0.15, 0.2) is 4.80 Å². The van der Waals surface area contributed by atoms with Crippen LogP contribution in [0, 0.1) is 10.1 Å². The van der Waals surface area contributed by atoms with Gasteiger partial charge in [-0.05, 0) is 41.7 Å². The Labute approximate surface area is 291 Å². The van der Waals surface area contributed by atoms with E-state index in [1.807, 2.05) is 91.1 Å². The van der Waals surface area contributed by atoms with Gasteiger partial charge in [-0.1, -0.05) is 110 Å². The molecule has 0 bridgehead atoms. The summed E-state index contributed by atoms with van der Waals surface area (Å²) in [4.78, 5) is 44.5. The average molecular weight is 683 g/mol. The molecule has 4 aromatic carbocycles. The van der Waals surface area contributed by atoms with Crippen LogP contribution in [-0.4, -0.2) is 26.6 Å². The number of hydrogen-bond donors (Lipinski definition) is 0. The van der Waals surface area contributed by atoms with Gasteiger partial charge < -0.3 is 9.30 Å². The van der Waals surface area contributed by atoms with Gasteiger partial charge in [0.05, 0.1) is 33.4 Å². The third kappa shape index (κ3) is 6.10. The Balaban J connectivity index is 1.41. The number of non-ortho nitro benzene ring substituents is 1. The van der Waals surface area contributed by atoms with Crippen molar-refractivity contribution in [3.8, 4) is 0 Å². The first-order valence-corrected chi connectivity index (χ1v) is 17.2. The fourth-order valence-corrected chi connectivity index (χ4v) is 7.39. The lowest BCUT2D eigenvalue weighted by molar-refractivity contribution is -0.384. The molecule has 0 amide bonds. The monoisotopic (exact) mass is 682 g/mol. The minimum atomic E-state index is -0.757. The van der Waals surface area contributed by atoms with Crippen LogP contribution in [0.25, 0.3) is 22.7 Å². The van der Waals surface area contributed by atoms with Crippen molar-refractivity contribution in [2.45, 2.75) is 39.3 Å². The van der Waals surface area contributed by atoms with E-state index in [-0.39, 0.29) is 17.9 Å². The fraction of sp³-hybridized carbons (Fsp3) is 0.175. The quantitative estimate of drug-likeness (QED) is 0.0930. The van der Waals surface area contributed by atoms with E-state index in [1.54, 1.807) is 23.6 Å². The maximum absolute atomic E-state index is 14.5. The number of carbonyl (C=O) groups excluding carboxylic acids is 1. The number of hydrogen-bond acceptors (Lipinski definition) is 7. The highest BCUT2D eigenvalue weighted by Crippen LogP contribution is 2.36. The molecule has 50 heavy (non-hydrogen) atoms. The second-order valence-corrected chi connectivity index (χ2v) is 13.4. The first-order valence-electron chi connectivity index (χ1n) is 16.4. The molecule has 0 unspecified atom stereocenters. The van der Waals surface area contributed by atoms with Gasteiger partial charge in [-0.15, -0.1) is 0 Å². The van der Waals surface area contributed by atoms with E-state index in [9.17, 15) is 19.7 Å². The number of para-hydroxylation sites is 1. The van der Waals surface area contributed by atoms with Gasteiger partial charge in [-0.25, -0.2) is 9.79 Å². The molecule has 0 spiro atoms. The molecule has 9 nitrogen and oxygen atoms in total. The highest BCUT2D eigenvalue weighted by Gasteiger charge is 2.35. The van der Waals surface area contributed by atoms with Crippen LogP contribution in [0.1, 0.15) is 60.5 Å². The molecule has 250 valence electrons. The summed E-state index contributed by atoms with van der Waals surface area (Å²) in [5.41, 5.74) is 5.98. The first-order chi connectivity index (χ1) is 24.2. The van der Waals surface area contributed by atoms with E-state index < -0.39 is 16.9 Å². The summed E-state index contributed by atoms with van der Waals surface area (Å²) >= 11 is 1.28. The third-order valence-electron chi connectivity index (χ3n) is 8.90. The molecule has 6 aromatic rings. The summed E-state index contributed by atoms with van der Waals surface area (Å²) in [6, 6.07) is 31.3. The van der Waals surface area contributed by atoms with Gasteiger partial charge in [0.1, 0.15) is 0 Å². The minimum Gasteiger partial charge on any atom is -0.463 e. The highest BCUT2D eigenvalue weighted by molar-refractivity contribution is 7.07. The number of thiazole rings is 1. The Hall–Kier alpha value is -5.87. The van der Waals surface area contributed by atoms with Gasteiger partial charge in [0.25, 0.3) is 11.2 Å². The Kier molecular flexibility index (Phi) is 8.86. The molecule has 0 radical (unpaired) electrons. The molecule has 0 saturated heterocycles. The number of fused-ring (bicyclic) bond motifs is 2. The predicted octanol–water partition coefficient (Wildman–Crippen LogP) is 6.97. The van der Waals surface area contributed by atoms with Crippen LogP contribution in [0.3, 0.4) is 0 Å². The number of ether oxygens (including phenoxy) is 1. The van der Waals surface area contributed by atoms with Gasteiger partial charge >= 0.3 is 5.97 Å². The lowest BCUT2D eigenvalue weighted by atomic mass is 9.91. The van der Waals surface area contributed by atoms with Gasteiger partial charge in [0.2, 0.25) is 0 Å². The molecular formula is C40H34N4O5S. The maximum Gasteiger partial charge on any atom is 0.338 e. The Morgan fingerprint density at radius 1 is 0.980 bits per heavy atom. The summed E-state index contributed by atoms with van der Waals surface area (Å²) in [5, 5.41) is 12.1. The number of nitro groups is 1. The van der Waals surface area contributed by atoms with Crippen molar-refractivity contribution >= 4 is 45.7 Å². The molecule has 1 aliphatic heterocycles. The van der Waals surface area contributed by atoms with Gasteiger partial charge in [-0.2, -0.15) is 0 Å². The van der Waals surface area contributed by atoms with Crippen molar-refractivity contribution < 1.29 is 14.5 Å². The zero-order valence-electron chi connectivity index (χ0n) is 27.8. The summed E-state index contributed by atoms with van der Waals surface area (Å²) < 4.78 is 9.78. The lowest BCUT2D eigenvalue weighted by Crippen LogP contribution is -2.40. The van der Waals surface area contributed by atoms with Crippen LogP contribution in [-0.2, 0) is 16.1 Å². The number of nitrogens with zero attached hydrogens (tertiary/aromatic N) is 4. The highest BCUT2D eigenvalue weighted by atomic mass is 32.1. The van der Waals surface area contributed by atoms with Gasteiger partial charge in [0, 0.05) is 46.9 Å².